The van der Waals surface area contributed by atoms with Gasteiger partial charge in [-0.25, -0.2) is 0 Å². The molecule has 1 saturated carbocycles. The number of aliphatic hydroxyl groups is 1. The molecule has 3 heterocycles. The summed E-state index contributed by atoms with van der Waals surface area (Å²) in [5, 5.41) is 10.2. The maximum atomic E-state index is 14.4. The molecule has 1 N–H and O–H groups in total. The molecule has 1 spiro atoms. The van der Waals surface area contributed by atoms with Crippen LogP contribution in [0.4, 0.5) is 0 Å². The van der Waals surface area contributed by atoms with Gasteiger partial charge in [0.1, 0.15) is 11.6 Å². The second kappa shape index (κ2) is 10.3. The van der Waals surface area contributed by atoms with Gasteiger partial charge in [-0.2, -0.15) is 0 Å². The lowest BCUT2D eigenvalue weighted by Crippen LogP contribution is -2.60. The summed E-state index contributed by atoms with van der Waals surface area (Å²) in [6.45, 7) is 7.83. The van der Waals surface area contributed by atoms with Gasteiger partial charge in [0.2, 0.25) is 11.8 Å². The zero-order chi connectivity index (χ0) is 24.6. The van der Waals surface area contributed by atoms with Gasteiger partial charge >= 0.3 is 5.97 Å². The molecule has 4 rings (SSSR count). The highest BCUT2D eigenvalue weighted by atomic mass is 79.9. The van der Waals surface area contributed by atoms with Crippen molar-refractivity contribution in [2.45, 2.75) is 93.5 Å². The largest absolute Gasteiger partial charge is 0.466 e. The Morgan fingerprint density at radius 1 is 1.35 bits per heavy atom. The third-order valence-electron chi connectivity index (χ3n) is 8.22. The molecular formula is C25H37BrN2O6. The fraction of sp³-hybridized carbons (Fsp3) is 0.800. The van der Waals surface area contributed by atoms with Crippen molar-refractivity contribution in [2.75, 3.05) is 19.8 Å². The van der Waals surface area contributed by atoms with Crippen LogP contribution in [-0.4, -0.2) is 87.1 Å². The molecule has 1 aliphatic carbocycles. The quantitative estimate of drug-likeness (QED) is 0.274. The minimum Gasteiger partial charge on any atom is -0.466 e. The summed E-state index contributed by atoms with van der Waals surface area (Å²) in [7, 11) is 0. The standard InChI is InChI=1S/C25H37BrN2O6/c1-4-12-27(16-10-8-7-9-11-16)23(31)21-25-13-17(26)20(34-25)18(24(32)33-6-3)19(25)22(30)28(21)15(5-2)14-29/h4,15-21,29H,1,5-14H2,2-3H3/t15-,17?,18+,19-,20+,21?,25?/m0/s1. The molecule has 190 valence electrons. The Balaban J connectivity index is 1.78. The number of likely N-dealkylation sites (tertiary alicyclic amines) is 1. The maximum Gasteiger partial charge on any atom is 0.312 e. The molecule has 3 aliphatic heterocycles. The van der Waals surface area contributed by atoms with Crippen LogP contribution in [0.25, 0.3) is 0 Å². The number of hydrogen-bond donors (Lipinski definition) is 1. The minimum atomic E-state index is -1.12. The molecule has 3 saturated heterocycles. The number of halogens is 1. The topological polar surface area (TPSA) is 96.4 Å². The Bertz CT molecular complexity index is 813. The second-order valence-corrected chi connectivity index (χ2v) is 11.2. The summed E-state index contributed by atoms with van der Waals surface area (Å²) < 4.78 is 11.8. The zero-order valence-corrected chi connectivity index (χ0v) is 21.7. The van der Waals surface area contributed by atoms with E-state index in [1.165, 1.54) is 0 Å². The van der Waals surface area contributed by atoms with E-state index in [4.69, 9.17) is 9.47 Å². The van der Waals surface area contributed by atoms with Crippen molar-refractivity contribution in [3.63, 3.8) is 0 Å². The molecule has 2 amide bonds. The van der Waals surface area contributed by atoms with Gasteiger partial charge in [0.05, 0.1) is 37.2 Å². The van der Waals surface area contributed by atoms with E-state index >= 15 is 0 Å². The molecule has 9 heteroatoms. The molecule has 4 aliphatic rings. The van der Waals surface area contributed by atoms with E-state index in [1.807, 2.05) is 11.8 Å². The number of fused-ring (bicyclic) bond motifs is 1. The second-order valence-electron chi connectivity index (χ2n) is 9.98. The van der Waals surface area contributed by atoms with Crippen LogP contribution < -0.4 is 0 Å². The first-order valence-electron chi connectivity index (χ1n) is 12.7. The summed E-state index contributed by atoms with van der Waals surface area (Å²) in [5.74, 6) is -2.49. The third-order valence-corrected chi connectivity index (χ3v) is 9.06. The lowest BCUT2D eigenvalue weighted by atomic mass is 9.70. The van der Waals surface area contributed by atoms with E-state index in [0.29, 0.717) is 19.4 Å². The number of carbonyl (C=O) groups is 3. The first kappa shape index (κ1) is 25.6. The number of rotatable bonds is 9. The molecule has 0 aromatic carbocycles. The van der Waals surface area contributed by atoms with Crippen LogP contribution in [0.2, 0.25) is 0 Å². The van der Waals surface area contributed by atoms with Crippen molar-refractivity contribution in [1.29, 1.82) is 0 Å². The van der Waals surface area contributed by atoms with Crippen LogP contribution >= 0.6 is 15.9 Å². The van der Waals surface area contributed by atoms with Gasteiger partial charge < -0.3 is 24.4 Å². The predicted molar refractivity (Wildman–Crippen MR) is 129 cm³/mol. The fourth-order valence-corrected chi connectivity index (χ4v) is 7.71. The normalized spacial score (nSPS) is 35.8. The molecule has 3 unspecified atom stereocenters. The Labute approximate surface area is 210 Å². The van der Waals surface area contributed by atoms with Crippen LogP contribution in [0.5, 0.6) is 0 Å². The van der Waals surface area contributed by atoms with Crippen LogP contribution in [-0.2, 0) is 23.9 Å². The van der Waals surface area contributed by atoms with Gasteiger partial charge in [-0.05, 0) is 32.6 Å². The summed E-state index contributed by atoms with van der Waals surface area (Å²) in [6.07, 6.45) is 7.27. The number of alkyl halides is 1. The van der Waals surface area contributed by atoms with Crippen molar-refractivity contribution in [3.05, 3.63) is 12.7 Å². The maximum absolute atomic E-state index is 14.4. The average Bonchev–Trinajstić information content (AvgIpc) is 3.42. The Hall–Kier alpha value is -1.45. The molecule has 34 heavy (non-hydrogen) atoms. The molecule has 0 aromatic rings. The molecule has 0 aromatic heterocycles. The van der Waals surface area contributed by atoms with Crippen LogP contribution in [0.1, 0.15) is 58.8 Å². The molecule has 7 atom stereocenters. The number of esters is 1. The van der Waals surface area contributed by atoms with Crippen molar-refractivity contribution in [1.82, 2.24) is 9.80 Å². The number of ether oxygens (including phenoxy) is 2. The molecule has 8 nitrogen and oxygen atoms in total. The van der Waals surface area contributed by atoms with E-state index in [0.717, 1.165) is 32.1 Å². The van der Waals surface area contributed by atoms with Crippen LogP contribution in [0, 0.1) is 11.8 Å². The number of hydrogen-bond acceptors (Lipinski definition) is 6. The average molecular weight is 541 g/mol. The minimum absolute atomic E-state index is 0.0834. The summed E-state index contributed by atoms with van der Waals surface area (Å²) in [6, 6.07) is -1.34. The Morgan fingerprint density at radius 2 is 2.06 bits per heavy atom. The van der Waals surface area contributed by atoms with E-state index in [9.17, 15) is 19.5 Å². The number of aliphatic hydroxyl groups excluding tert-OH is 1. The molecular weight excluding hydrogens is 504 g/mol. The predicted octanol–water partition coefficient (Wildman–Crippen LogP) is 2.42. The highest BCUT2D eigenvalue weighted by molar-refractivity contribution is 9.09. The van der Waals surface area contributed by atoms with Gasteiger partial charge in [0.15, 0.2) is 0 Å². The Kier molecular flexibility index (Phi) is 7.74. The highest BCUT2D eigenvalue weighted by Gasteiger charge is 2.77. The van der Waals surface area contributed by atoms with Crippen LogP contribution in [0.3, 0.4) is 0 Å². The first-order valence-corrected chi connectivity index (χ1v) is 13.6. The molecule has 0 radical (unpaired) electrons. The molecule has 2 bridgehead atoms. The Morgan fingerprint density at radius 3 is 2.65 bits per heavy atom. The monoisotopic (exact) mass is 540 g/mol. The first-order chi connectivity index (χ1) is 16.4. The van der Waals surface area contributed by atoms with Gasteiger partial charge in [0.25, 0.3) is 0 Å². The van der Waals surface area contributed by atoms with Gasteiger partial charge in [-0.15, -0.1) is 6.58 Å². The van der Waals surface area contributed by atoms with Crippen LogP contribution in [0.15, 0.2) is 12.7 Å². The number of amides is 2. The summed E-state index contributed by atoms with van der Waals surface area (Å²) in [5.41, 5.74) is -1.12. The lowest BCUT2D eigenvalue weighted by molar-refractivity contribution is -0.156. The van der Waals surface area contributed by atoms with Crippen molar-refractivity contribution >= 4 is 33.7 Å². The number of carbonyl (C=O) groups excluding carboxylic acids is 3. The van der Waals surface area contributed by atoms with Crippen molar-refractivity contribution in [3.8, 4) is 0 Å². The van der Waals surface area contributed by atoms with E-state index in [1.54, 1.807) is 17.9 Å². The zero-order valence-electron chi connectivity index (χ0n) is 20.2. The highest BCUT2D eigenvalue weighted by Crippen LogP contribution is 2.60. The molecule has 4 fully saturated rings. The summed E-state index contributed by atoms with van der Waals surface area (Å²) >= 11 is 3.67. The number of nitrogens with zero attached hydrogens (tertiary/aromatic N) is 2. The van der Waals surface area contributed by atoms with E-state index in [-0.39, 0.29) is 35.9 Å². The SMILES string of the molecule is C=CCN(C(=O)C1N([C@@H](CC)CO)C(=O)[C@@H]2[C@@H](C(=O)OCC)[C@@H]3OC12CC3Br)C1CCCCC1. The summed E-state index contributed by atoms with van der Waals surface area (Å²) in [4.78, 5) is 44.5. The van der Waals surface area contributed by atoms with E-state index in [2.05, 4.69) is 22.5 Å². The fourth-order valence-electron chi connectivity index (χ4n) is 6.77. The lowest BCUT2D eigenvalue weighted by Gasteiger charge is -2.42. The smallest absolute Gasteiger partial charge is 0.312 e. The van der Waals surface area contributed by atoms with Gasteiger partial charge in [0, 0.05) is 17.4 Å². The van der Waals surface area contributed by atoms with Gasteiger partial charge in [-0.1, -0.05) is 48.2 Å². The van der Waals surface area contributed by atoms with E-state index < -0.39 is 41.6 Å². The third kappa shape index (κ3) is 3.91. The van der Waals surface area contributed by atoms with Crippen molar-refractivity contribution < 1.29 is 29.0 Å². The van der Waals surface area contributed by atoms with Gasteiger partial charge in [-0.3, -0.25) is 14.4 Å². The van der Waals surface area contributed by atoms with Crippen molar-refractivity contribution in [2.24, 2.45) is 11.8 Å².